The van der Waals surface area contributed by atoms with E-state index in [1.807, 2.05) is 6.07 Å². The topological polar surface area (TPSA) is 68.3 Å². The minimum absolute atomic E-state index is 0.0264. The van der Waals surface area contributed by atoms with E-state index in [0.717, 1.165) is 34.1 Å². The maximum atomic E-state index is 6.83. The lowest BCUT2D eigenvalue weighted by atomic mass is 9.82. The third-order valence-corrected chi connectivity index (χ3v) is 8.68. The highest BCUT2D eigenvalue weighted by Gasteiger charge is 2.40. The predicted octanol–water partition coefficient (Wildman–Crippen LogP) is 10.1. The summed E-state index contributed by atoms with van der Waals surface area (Å²) in [5.41, 5.74) is 12.9. The van der Waals surface area contributed by atoms with Crippen LogP contribution in [0.2, 0.25) is 0 Å². The van der Waals surface area contributed by atoms with Crippen molar-refractivity contribution >= 4 is 17.5 Å². The Labute approximate surface area is 259 Å². The number of hydrogen-bond donors (Lipinski definition) is 2. The zero-order valence-corrected chi connectivity index (χ0v) is 25.3. The number of nitrogens with two attached hydrogens (primary N) is 1. The molecule has 2 aliphatic rings. The van der Waals surface area contributed by atoms with Gasteiger partial charge >= 0.3 is 0 Å². The molecule has 1 aliphatic heterocycles. The third kappa shape index (κ3) is 4.55. The highest BCUT2D eigenvalue weighted by Crippen LogP contribution is 2.59. The lowest BCUT2D eigenvalue weighted by Crippen LogP contribution is -2.15. The van der Waals surface area contributed by atoms with Crippen LogP contribution < -0.4 is 15.2 Å². The third-order valence-electron chi connectivity index (χ3n) is 8.68. The van der Waals surface area contributed by atoms with Crippen LogP contribution in [0.15, 0.2) is 127 Å². The molecule has 6 aromatic rings. The van der Waals surface area contributed by atoms with Gasteiger partial charge in [-0.15, -0.1) is 0 Å². The standard InChI is InChI=1S/C38H28O2.CH5N.CH3N/c1-38(2)30-20-9-8-17-28(30)35-31(38)22-23-33-37(35)40-32-21-11-19-29(36(32)39-33)34(25-13-4-3-5-14-25)27-18-10-15-24-12-6-7-16-26(24)27;2*1-2/h3-23,34H,1-2H3;2H2,1H3;2H,1H2. The molecule has 4 heteroatoms. The number of hydrogen-bond acceptors (Lipinski definition) is 4. The summed E-state index contributed by atoms with van der Waals surface area (Å²) >= 11 is 0. The summed E-state index contributed by atoms with van der Waals surface area (Å²) in [5, 5.41) is 7.97. The molecule has 4 nitrogen and oxygen atoms in total. The van der Waals surface area contributed by atoms with Crippen LogP contribution >= 0.6 is 0 Å². The summed E-state index contributed by atoms with van der Waals surface area (Å²) in [6.07, 6.45) is 0. The second-order valence-electron chi connectivity index (χ2n) is 11.3. The fourth-order valence-electron chi connectivity index (χ4n) is 6.77. The Kier molecular flexibility index (Phi) is 7.77. The van der Waals surface area contributed by atoms with Gasteiger partial charge in [0.05, 0.1) is 0 Å². The Bertz CT molecular complexity index is 1960. The van der Waals surface area contributed by atoms with Gasteiger partial charge in [0.25, 0.3) is 0 Å². The summed E-state index contributed by atoms with van der Waals surface area (Å²) in [6.45, 7) is 7.07. The van der Waals surface area contributed by atoms with Crippen molar-refractivity contribution in [2.75, 3.05) is 7.05 Å². The van der Waals surface area contributed by atoms with E-state index < -0.39 is 0 Å². The average molecular weight is 577 g/mol. The van der Waals surface area contributed by atoms with Gasteiger partial charge in [0.15, 0.2) is 23.0 Å². The number of benzene rings is 6. The van der Waals surface area contributed by atoms with E-state index in [0.29, 0.717) is 0 Å². The van der Waals surface area contributed by atoms with Gasteiger partial charge in [-0.25, -0.2) is 0 Å². The van der Waals surface area contributed by atoms with E-state index in [2.05, 4.69) is 148 Å². The van der Waals surface area contributed by atoms with Crippen molar-refractivity contribution in [1.82, 2.24) is 0 Å². The maximum Gasteiger partial charge on any atom is 0.178 e. The predicted molar refractivity (Wildman–Crippen MR) is 182 cm³/mol. The normalized spacial score (nSPS) is 13.6. The second-order valence-corrected chi connectivity index (χ2v) is 11.3. The van der Waals surface area contributed by atoms with Crippen molar-refractivity contribution in [2.45, 2.75) is 25.2 Å². The van der Waals surface area contributed by atoms with Gasteiger partial charge in [0.2, 0.25) is 0 Å². The number of ether oxygens (including phenoxy) is 2. The molecule has 1 heterocycles. The van der Waals surface area contributed by atoms with Gasteiger partial charge in [-0.05, 0) is 64.5 Å². The first-order chi connectivity index (χ1) is 21.6. The average Bonchev–Trinajstić information content (AvgIpc) is 3.33. The van der Waals surface area contributed by atoms with Crippen LogP contribution in [0.3, 0.4) is 0 Å². The van der Waals surface area contributed by atoms with E-state index in [1.54, 1.807) is 0 Å². The molecule has 1 aliphatic carbocycles. The van der Waals surface area contributed by atoms with E-state index >= 15 is 0 Å². The first-order valence-electron chi connectivity index (χ1n) is 14.8. The minimum Gasteiger partial charge on any atom is -0.449 e. The van der Waals surface area contributed by atoms with Crippen LogP contribution in [0, 0.1) is 5.41 Å². The zero-order valence-electron chi connectivity index (χ0n) is 25.3. The molecule has 0 aromatic heterocycles. The number of rotatable bonds is 3. The molecule has 0 bridgehead atoms. The lowest BCUT2D eigenvalue weighted by Gasteiger charge is -2.29. The lowest BCUT2D eigenvalue weighted by molar-refractivity contribution is 0.356. The molecule has 0 saturated heterocycles. The van der Waals surface area contributed by atoms with Crippen molar-refractivity contribution < 1.29 is 9.47 Å². The zero-order chi connectivity index (χ0) is 30.8. The maximum absolute atomic E-state index is 6.83. The largest absolute Gasteiger partial charge is 0.449 e. The van der Waals surface area contributed by atoms with Crippen molar-refractivity contribution in [1.29, 1.82) is 5.41 Å². The molecule has 0 spiro atoms. The second kappa shape index (κ2) is 11.8. The minimum atomic E-state index is -0.0980. The molecule has 0 amide bonds. The van der Waals surface area contributed by atoms with Crippen LogP contribution in [0.5, 0.6) is 23.0 Å². The fraction of sp³-hybridized carbons (Fsp3) is 0.125. The number of para-hydroxylation sites is 1. The van der Waals surface area contributed by atoms with Crippen LogP contribution in [0.1, 0.15) is 47.6 Å². The molecular formula is C40H36N2O2. The van der Waals surface area contributed by atoms with Crippen molar-refractivity contribution in [3.8, 4) is 34.1 Å². The molecule has 3 N–H and O–H groups in total. The summed E-state index contributed by atoms with van der Waals surface area (Å²) in [7, 11) is 1.50. The van der Waals surface area contributed by atoms with Gasteiger partial charge in [-0.3, -0.25) is 0 Å². The smallest absolute Gasteiger partial charge is 0.178 e. The SMILES string of the molecule is C=N.CC1(C)c2ccccc2-c2c1ccc1c2Oc2cccc(C(c3ccccc3)c3cccc4ccccc34)c2O1.CN. The number of fused-ring (bicyclic) bond motifs is 7. The Morgan fingerprint density at radius 3 is 2.02 bits per heavy atom. The van der Waals surface area contributed by atoms with E-state index in [9.17, 15) is 0 Å². The molecule has 44 heavy (non-hydrogen) atoms. The molecule has 8 rings (SSSR count). The summed E-state index contributed by atoms with van der Waals surface area (Å²) in [5.74, 6) is 3.07. The van der Waals surface area contributed by atoms with E-state index in [-0.39, 0.29) is 11.3 Å². The Morgan fingerprint density at radius 2 is 1.20 bits per heavy atom. The molecule has 1 unspecified atom stereocenters. The first kappa shape index (κ1) is 28.9. The fourth-order valence-corrected chi connectivity index (χ4v) is 6.77. The van der Waals surface area contributed by atoms with Crippen LogP contribution in [-0.4, -0.2) is 13.8 Å². The molecule has 6 aromatic carbocycles. The Balaban J connectivity index is 0.000000826. The van der Waals surface area contributed by atoms with Crippen molar-refractivity contribution in [2.24, 2.45) is 5.73 Å². The molecule has 218 valence electrons. The summed E-state index contributed by atoms with van der Waals surface area (Å²) < 4.78 is 13.6. The molecule has 0 radical (unpaired) electrons. The van der Waals surface area contributed by atoms with Crippen LogP contribution in [-0.2, 0) is 5.41 Å². The quantitative estimate of drug-likeness (QED) is 0.162. The first-order valence-corrected chi connectivity index (χ1v) is 14.8. The van der Waals surface area contributed by atoms with E-state index in [4.69, 9.17) is 14.9 Å². The molecular weight excluding hydrogens is 540 g/mol. The van der Waals surface area contributed by atoms with Crippen LogP contribution in [0.25, 0.3) is 21.9 Å². The van der Waals surface area contributed by atoms with Crippen molar-refractivity contribution in [3.05, 3.63) is 155 Å². The molecule has 0 fully saturated rings. The van der Waals surface area contributed by atoms with Crippen LogP contribution in [0.4, 0.5) is 0 Å². The Hall–Kier alpha value is -5.19. The highest BCUT2D eigenvalue weighted by molar-refractivity contribution is 5.89. The monoisotopic (exact) mass is 576 g/mol. The van der Waals surface area contributed by atoms with Gasteiger partial charge in [-0.1, -0.05) is 129 Å². The van der Waals surface area contributed by atoms with Gasteiger partial charge < -0.3 is 20.6 Å². The molecule has 1 atom stereocenters. The highest BCUT2D eigenvalue weighted by atomic mass is 16.6. The van der Waals surface area contributed by atoms with Gasteiger partial charge in [0.1, 0.15) is 0 Å². The molecule has 0 saturated carbocycles. The van der Waals surface area contributed by atoms with Gasteiger partial charge in [0, 0.05) is 22.5 Å². The summed E-state index contributed by atoms with van der Waals surface area (Å²) in [6, 6.07) is 45.1. The summed E-state index contributed by atoms with van der Waals surface area (Å²) in [4.78, 5) is 0. The Morgan fingerprint density at radius 1 is 0.591 bits per heavy atom. The van der Waals surface area contributed by atoms with E-state index in [1.165, 1.54) is 45.6 Å². The van der Waals surface area contributed by atoms with Crippen molar-refractivity contribution in [3.63, 3.8) is 0 Å². The number of nitrogens with one attached hydrogen (secondary N) is 1. The van der Waals surface area contributed by atoms with Gasteiger partial charge in [-0.2, -0.15) is 0 Å².